The number of ether oxygens (including phenoxy) is 2. The normalized spacial score (nSPS) is 24.1. The van der Waals surface area contributed by atoms with Gasteiger partial charge in [0.1, 0.15) is 0 Å². The highest BCUT2D eigenvalue weighted by Crippen LogP contribution is 2.32. The van der Waals surface area contributed by atoms with E-state index in [0.717, 1.165) is 64.2 Å². The molecule has 1 saturated carbocycles. The van der Waals surface area contributed by atoms with Gasteiger partial charge in [0.05, 0.1) is 19.8 Å². The molecule has 0 amide bonds. The lowest BCUT2D eigenvalue weighted by atomic mass is 9.84. The van der Waals surface area contributed by atoms with Gasteiger partial charge in [-0.25, -0.2) is 0 Å². The highest BCUT2D eigenvalue weighted by Gasteiger charge is 2.34. The molecular formula is C18H36N4O3. The van der Waals surface area contributed by atoms with Crippen molar-refractivity contribution in [3.8, 4) is 0 Å². The Morgan fingerprint density at radius 3 is 2.80 bits per heavy atom. The summed E-state index contributed by atoms with van der Waals surface area (Å²) in [5.74, 6) is 0.856. The SMILES string of the molecule is CCNC(=NCC1(CCO)CCOC1)NCCN(CCOC)C1CC1. The monoisotopic (exact) mass is 356 g/mol. The lowest BCUT2D eigenvalue weighted by molar-refractivity contribution is 0.131. The molecule has 3 N–H and O–H groups in total. The summed E-state index contributed by atoms with van der Waals surface area (Å²) in [5.41, 5.74) is -0.00435. The summed E-state index contributed by atoms with van der Waals surface area (Å²) in [6.07, 6.45) is 4.34. The van der Waals surface area contributed by atoms with Gasteiger partial charge in [0, 0.05) is 58.0 Å². The van der Waals surface area contributed by atoms with E-state index in [9.17, 15) is 5.11 Å². The Morgan fingerprint density at radius 2 is 2.20 bits per heavy atom. The molecule has 0 aromatic rings. The first-order valence-corrected chi connectivity index (χ1v) is 9.67. The van der Waals surface area contributed by atoms with E-state index in [1.165, 1.54) is 12.8 Å². The Kier molecular flexibility index (Phi) is 8.95. The number of aliphatic hydroxyl groups is 1. The third-order valence-electron chi connectivity index (χ3n) is 5.08. The molecule has 1 unspecified atom stereocenters. The summed E-state index contributed by atoms with van der Waals surface area (Å²) < 4.78 is 10.8. The van der Waals surface area contributed by atoms with Gasteiger partial charge in [-0.1, -0.05) is 0 Å². The fraction of sp³-hybridized carbons (Fsp3) is 0.944. The van der Waals surface area contributed by atoms with Crippen molar-refractivity contribution in [3.63, 3.8) is 0 Å². The highest BCUT2D eigenvalue weighted by molar-refractivity contribution is 5.79. The second-order valence-corrected chi connectivity index (χ2v) is 7.16. The molecule has 0 radical (unpaired) electrons. The van der Waals surface area contributed by atoms with E-state index in [1.807, 2.05) is 0 Å². The molecule has 2 rings (SSSR count). The molecule has 1 saturated heterocycles. The van der Waals surface area contributed by atoms with Crippen LogP contribution in [0, 0.1) is 5.41 Å². The number of guanidine groups is 1. The molecule has 7 nitrogen and oxygen atoms in total. The second-order valence-electron chi connectivity index (χ2n) is 7.16. The molecule has 1 aliphatic heterocycles. The van der Waals surface area contributed by atoms with Crippen LogP contribution in [-0.4, -0.2) is 88.3 Å². The van der Waals surface area contributed by atoms with E-state index in [4.69, 9.17) is 14.5 Å². The van der Waals surface area contributed by atoms with Crippen LogP contribution in [0.25, 0.3) is 0 Å². The van der Waals surface area contributed by atoms with Gasteiger partial charge < -0.3 is 25.2 Å². The Morgan fingerprint density at radius 1 is 1.36 bits per heavy atom. The zero-order chi connectivity index (χ0) is 18.0. The molecule has 146 valence electrons. The van der Waals surface area contributed by atoms with Crippen LogP contribution in [0.2, 0.25) is 0 Å². The van der Waals surface area contributed by atoms with Crippen molar-refractivity contribution >= 4 is 5.96 Å². The summed E-state index contributed by atoms with van der Waals surface area (Å²) in [6.45, 7) is 8.93. The van der Waals surface area contributed by atoms with Crippen LogP contribution in [0.15, 0.2) is 4.99 Å². The Balaban J connectivity index is 1.80. The van der Waals surface area contributed by atoms with Gasteiger partial charge >= 0.3 is 0 Å². The summed E-state index contributed by atoms with van der Waals surface area (Å²) in [5, 5.41) is 16.1. The van der Waals surface area contributed by atoms with Gasteiger partial charge in [-0.3, -0.25) is 9.89 Å². The molecule has 1 aliphatic carbocycles. The van der Waals surface area contributed by atoms with Gasteiger partial charge in [0.2, 0.25) is 0 Å². The molecule has 0 spiro atoms. The first kappa shape index (κ1) is 20.4. The molecule has 2 fully saturated rings. The van der Waals surface area contributed by atoms with Gasteiger partial charge in [-0.15, -0.1) is 0 Å². The minimum Gasteiger partial charge on any atom is -0.396 e. The van der Waals surface area contributed by atoms with Gasteiger partial charge in [-0.2, -0.15) is 0 Å². The lowest BCUT2D eigenvalue weighted by Gasteiger charge is -2.25. The lowest BCUT2D eigenvalue weighted by Crippen LogP contribution is -2.43. The van der Waals surface area contributed by atoms with Crippen LogP contribution in [0.4, 0.5) is 0 Å². The van der Waals surface area contributed by atoms with E-state index < -0.39 is 0 Å². The smallest absolute Gasteiger partial charge is 0.191 e. The van der Waals surface area contributed by atoms with Crippen molar-refractivity contribution in [3.05, 3.63) is 0 Å². The molecule has 0 aromatic heterocycles. The number of aliphatic hydroxyl groups excluding tert-OH is 1. The molecule has 0 aromatic carbocycles. The third-order valence-corrected chi connectivity index (χ3v) is 5.08. The number of hydrogen-bond donors (Lipinski definition) is 3. The first-order valence-electron chi connectivity index (χ1n) is 9.67. The van der Waals surface area contributed by atoms with Crippen molar-refractivity contribution < 1.29 is 14.6 Å². The predicted molar refractivity (Wildman–Crippen MR) is 100 cm³/mol. The van der Waals surface area contributed by atoms with Crippen molar-refractivity contribution in [1.29, 1.82) is 0 Å². The van der Waals surface area contributed by atoms with E-state index in [-0.39, 0.29) is 12.0 Å². The number of hydrogen-bond acceptors (Lipinski definition) is 5. The standard InChI is InChI=1S/C18H36N4O3/c1-3-19-17(21-14-18(6-11-23)7-12-25-15-18)20-8-9-22(10-13-24-2)16-4-5-16/h16,23H,3-15H2,1-2H3,(H2,19,20,21). The van der Waals surface area contributed by atoms with Crippen LogP contribution < -0.4 is 10.6 Å². The van der Waals surface area contributed by atoms with Crippen LogP contribution >= 0.6 is 0 Å². The minimum absolute atomic E-state index is 0.00435. The van der Waals surface area contributed by atoms with Gasteiger partial charge in [0.15, 0.2) is 5.96 Å². The predicted octanol–water partition coefficient (Wildman–Crippen LogP) is 0.441. The van der Waals surface area contributed by atoms with Crippen molar-refractivity contribution in [1.82, 2.24) is 15.5 Å². The van der Waals surface area contributed by atoms with Gasteiger partial charge in [0.25, 0.3) is 0 Å². The topological polar surface area (TPSA) is 78.4 Å². The average Bonchev–Trinajstić information content (AvgIpc) is 3.35. The molecule has 0 bridgehead atoms. The Bertz CT molecular complexity index is 396. The maximum atomic E-state index is 9.34. The van der Waals surface area contributed by atoms with E-state index >= 15 is 0 Å². The first-order chi connectivity index (χ1) is 12.2. The fourth-order valence-corrected chi connectivity index (χ4v) is 3.32. The second kappa shape index (κ2) is 11.0. The summed E-state index contributed by atoms with van der Waals surface area (Å²) in [7, 11) is 1.76. The fourth-order valence-electron chi connectivity index (χ4n) is 3.32. The van der Waals surface area contributed by atoms with Crippen LogP contribution in [0.5, 0.6) is 0 Å². The molecule has 1 atom stereocenters. The number of methoxy groups -OCH3 is 1. The van der Waals surface area contributed by atoms with E-state index in [1.54, 1.807) is 7.11 Å². The maximum Gasteiger partial charge on any atom is 0.191 e. The largest absolute Gasteiger partial charge is 0.396 e. The van der Waals surface area contributed by atoms with Crippen LogP contribution in [-0.2, 0) is 9.47 Å². The van der Waals surface area contributed by atoms with E-state index in [0.29, 0.717) is 13.2 Å². The third kappa shape index (κ3) is 7.09. The number of aliphatic imine (C=N–C) groups is 1. The summed E-state index contributed by atoms with van der Waals surface area (Å²) >= 11 is 0. The quantitative estimate of drug-likeness (QED) is 0.348. The molecular weight excluding hydrogens is 320 g/mol. The zero-order valence-electron chi connectivity index (χ0n) is 15.9. The molecule has 1 heterocycles. The maximum absolute atomic E-state index is 9.34. The highest BCUT2D eigenvalue weighted by atomic mass is 16.5. The van der Waals surface area contributed by atoms with Crippen molar-refractivity contribution in [2.45, 2.75) is 38.6 Å². The number of rotatable bonds is 12. The van der Waals surface area contributed by atoms with Crippen molar-refractivity contribution in [2.75, 3.05) is 66.3 Å². The zero-order valence-corrected chi connectivity index (χ0v) is 15.9. The Hall–Kier alpha value is -0.890. The minimum atomic E-state index is -0.00435. The summed E-state index contributed by atoms with van der Waals surface area (Å²) in [6, 6.07) is 0.736. The molecule has 25 heavy (non-hydrogen) atoms. The van der Waals surface area contributed by atoms with Crippen molar-refractivity contribution in [2.24, 2.45) is 10.4 Å². The van der Waals surface area contributed by atoms with E-state index in [2.05, 4.69) is 22.5 Å². The number of nitrogens with one attached hydrogen (secondary N) is 2. The number of nitrogens with zero attached hydrogens (tertiary/aromatic N) is 2. The Labute approximate surface area is 152 Å². The molecule has 2 aliphatic rings. The van der Waals surface area contributed by atoms with Crippen LogP contribution in [0.3, 0.4) is 0 Å². The molecule has 7 heteroatoms. The van der Waals surface area contributed by atoms with Gasteiger partial charge in [-0.05, 0) is 32.6 Å². The summed E-state index contributed by atoms with van der Waals surface area (Å²) in [4.78, 5) is 7.26. The van der Waals surface area contributed by atoms with Crippen LogP contribution in [0.1, 0.15) is 32.6 Å². The average molecular weight is 357 g/mol.